The molecule has 0 saturated carbocycles. The highest BCUT2D eigenvalue weighted by Gasteiger charge is 2.27. The highest BCUT2D eigenvalue weighted by Crippen LogP contribution is 2.31. The van der Waals surface area contributed by atoms with Crippen LogP contribution in [0.15, 0.2) is 71.7 Å². The largest absolute Gasteiger partial charge is 0.481 e. The third-order valence-corrected chi connectivity index (χ3v) is 5.88. The minimum atomic E-state index is -1.07. The number of nitrogens with one attached hydrogen (secondary N) is 1. The lowest BCUT2D eigenvalue weighted by atomic mass is 9.92. The summed E-state index contributed by atoms with van der Waals surface area (Å²) in [5.41, 5.74) is 3.23. The van der Waals surface area contributed by atoms with Crippen molar-refractivity contribution in [3.05, 3.63) is 93.9 Å². The van der Waals surface area contributed by atoms with Crippen molar-refractivity contribution in [3.8, 4) is 17.2 Å². The van der Waals surface area contributed by atoms with Crippen molar-refractivity contribution in [2.45, 2.75) is 45.7 Å². The number of aliphatic carboxylic acids is 1. The molecule has 7 nitrogen and oxygen atoms in total. The lowest BCUT2D eigenvalue weighted by Gasteiger charge is -2.25. The number of aryl methyl sites for hydroxylation is 1. The number of carboxylic acids is 1. The SMILES string of the molecule is Cc1ccccc1-c1cc(C(CC(=O)O)NC(=O)C(CC(C)C)n2ccccc2=O)ccc1C#N. The highest BCUT2D eigenvalue weighted by atomic mass is 16.4. The number of pyridine rings is 1. The van der Waals surface area contributed by atoms with E-state index in [4.69, 9.17) is 0 Å². The lowest BCUT2D eigenvalue weighted by molar-refractivity contribution is -0.138. The average molecular weight is 472 g/mol. The van der Waals surface area contributed by atoms with Gasteiger partial charge in [-0.05, 0) is 54.2 Å². The summed E-state index contributed by atoms with van der Waals surface area (Å²) in [6.07, 6.45) is 1.64. The maximum atomic E-state index is 13.4. The minimum Gasteiger partial charge on any atom is -0.481 e. The number of rotatable bonds is 9. The molecule has 7 heteroatoms. The van der Waals surface area contributed by atoms with Crippen molar-refractivity contribution >= 4 is 11.9 Å². The third-order valence-electron chi connectivity index (χ3n) is 5.88. The number of hydrogen-bond acceptors (Lipinski definition) is 4. The summed E-state index contributed by atoms with van der Waals surface area (Å²) in [6, 6.07) is 18.0. The Balaban J connectivity index is 2.02. The minimum absolute atomic E-state index is 0.123. The van der Waals surface area contributed by atoms with Gasteiger partial charge in [0.05, 0.1) is 24.1 Å². The Morgan fingerprint density at radius 3 is 2.40 bits per heavy atom. The first kappa shape index (κ1) is 25.4. The van der Waals surface area contributed by atoms with E-state index in [1.54, 1.807) is 36.5 Å². The predicted molar refractivity (Wildman–Crippen MR) is 134 cm³/mol. The van der Waals surface area contributed by atoms with Gasteiger partial charge in [-0.1, -0.05) is 50.2 Å². The van der Waals surface area contributed by atoms with Crippen molar-refractivity contribution < 1.29 is 14.7 Å². The molecule has 0 aliphatic heterocycles. The van der Waals surface area contributed by atoms with Gasteiger partial charge in [0.15, 0.2) is 0 Å². The fourth-order valence-corrected chi connectivity index (χ4v) is 4.16. The zero-order valence-corrected chi connectivity index (χ0v) is 20.1. The summed E-state index contributed by atoms with van der Waals surface area (Å²) in [7, 11) is 0. The van der Waals surface area contributed by atoms with E-state index in [9.17, 15) is 24.8 Å². The fourth-order valence-electron chi connectivity index (χ4n) is 4.16. The molecule has 0 radical (unpaired) electrons. The summed E-state index contributed by atoms with van der Waals surface area (Å²) >= 11 is 0. The number of nitrogens with zero attached hydrogens (tertiary/aromatic N) is 2. The fraction of sp³-hybridized carbons (Fsp3) is 0.286. The van der Waals surface area contributed by atoms with Crippen LogP contribution in [0.25, 0.3) is 11.1 Å². The van der Waals surface area contributed by atoms with Crippen LogP contribution in [-0.2, 0) is 9.59 Å². The van der Waals surface area contributed by atoms with E-state index in [1.165, 1.54) is 10.6 Å². The van der Waals surface area contributed by atoms with Crippen LogP contribution in [-0.4, -0.2) is 21.6 Å². The number of carbonyl (C=O) groups excluding carboxylic acids is 1. The van der Waals surface area contributed by atoms with E-state index in [2.05, 4.69) is 11.4 Å². The van der Waals surface area contributed by atoms with Crippen LogP contribution < -0.4 is 10.9 Å². The summed E-state index contributed by atoms with van der Waals surface area (Å²) in [4.78, 5) is 37.6. The standard InChI is InChI=1S/C28H29N3O4/c1-18(2)14-25(31-13-7-6-10-26(31)32)28(35)30-24(16-27(33)34)20-11-12-21(17-29)23(15-20)22-9-5-4-8-19(22)3/h4-13,15,18,24-25H,14,16H2,1-3H3,(H,30,35)(H,33,34). The molecule has 3 rings (SSSR count). The second-order valence-corrected chi connectivity index (χ2v) is 8.98. The third kappa shape index (κ3) is 6.24. The number of nitriles is 1. The highest BCUT2D eigenvalue weighted by molar-refractivity contribution is 5.82. The van der Waals surface area contributed by atoms with Gasteiger partial charge in [0.25, 0.3) is 5.56 Å². The van der Waals surface area contributed by atoms with E-state index < -0.39 is 24.0 Å². The van der Waals surface area contributed by atoms with Crippen LogP contribution in [0.5, 0.6) is 0 Å². The zero-order valence-electron chi connectivity index (χ0n) is 20.1. The molecule has 1 aromatic heterocycles. The van der Waals surface area contributed by atoms with E-state index in [1.807, 2.05) is 45.0 Å². The maximum Gasteiger partial charge on any atom is 0.305 e. The molecule has 0 fully saturated rings. The first-order valence-electron chi connectivity index (χ1n) is 11.5. The normalized spacial score (nSPS) is 12.5. The molecule has 2 aromatic carbocycles. The van der Waals surface area contributed by atoms with Gasteiger partial charge >= 0.3 is 5.97 Å². The molecule has 0 aliphatic carbocycles. The van der Waals surface area contributed by atoms with E-state index in [0.717, 1.165) is 11.1 Å². The van der Waals surface area contributed by atoms with E-state index in [-0.39, 0.29) is 17.9 Å². The molecule has 1 amide bonds. The van der Waals surface area contributed by atoms with Gasteiger partial charge in [0.1, 0.15) is 6.04 Å². The van der Waals surface area contributed by atoms with Gasteiger partial charge in [0.2, 0.25) is 5.91 Å². The molecule has 0 aliphatic rings. The van der Waals surface area contributed by atoms with Gasteiger partial charge in [-0.25, -0.2) is 0 Å². The van der Waals surface area contributed by atoms with Crippen molar-refractivity contribution in [3.63, 3.8) is 0 Å². The molecule has 3 aromatic rings. The van der Waals surface area contributed by atoms with E-state index in [0.29, 0.717) is 23.1 Å². The van der Waals surface area contributed by atoms with E-state index >= 15 is 0 Å². The van der Waals surface area contributed by atoms with Crippen molar-refractivity contribution in [1.29, 1.82) is 5.26 Å². The van der Waals surface area contributed by atoms with Crippen LogP contribution in [0.4, 0.5) is 0 Å². The van der Waals surface area contributed by atoms with Gasteiger partial charge in [-0.2, -0.15) is 5.26 Å². The number of aromatic nitrogens is 1. The smallest absolute Gasteiger partial charge is 0.305 e. The van der Waals surface area contributed by atoms with Crippen molar-refractivity contribution in [2.75, 3.05) is 0 Å². The summed E-state index contributed by atoms with van der Waals surface area (Å²) in [5, 5.41) is 22.1. The van der Waals surface area contributed by atoms with Gasteiger partial charge in [0, 0.05) is 17.8 Å². The molecule has 0 spiro atoms. The number of carbonyl (C=O) groups is 2. The van der Waals surface area contributed by atoms with Crippen molar-refractivity contribution in [2.24, 2.45) is 5.92 Å². The van der Waals surface area contributed by atoms with Gasteiger partial charge in [-0.3, -0.25) is 14.4 Å². The molecule has 180 valence electrons. The number of hydrogen-bond donors (Lipinski definition) is 2. The molecule has 0 saturated heterocycles. The maximum absolute atomic E-state index is 13.4. The number of benzene rings is 2. The molecular weight excluding hydrogens is 442 g/mol. The summed E-state index contributed by atoms with van der Waals surface area (Å²) < 4.78 is 1.38. The predicted octanol–water partition coefficient (Wildman–Crippen LogP) is 4.61. The molecule has 2 atom stereocenters. The Morgan fingerprint density at radius 1 is 1.06 bits per heavy atom. The van der Waals surface area contributed by atoms with Crippen LogP contribution in [0, 0.1) is 24.2 Å². The summed E-state index contributed by atoms with van der Waals surface area (Å²) in [6.45, 7) is 5.85. The molecule has 35 heavy (non-hydrogen) atoms. The number of carboxylic acid groups (broad SMARTS) is 1. The second-order valence-electron chi connectivity index (χ2n) is 8.98. The Bertz CT molecular complexity index is 1320. The lowest BCUT2D eigenvalue weighted by Crippen LogP contribution is -2.39. The molecule has 2 unspecified atom stereocenters. The van der Waals surface area contributed by atoms with Crippen LogP contribution in [0.3, 0.4) is 0 Å². The molecule has 0 bridgehead atoms. The monoisotopic (exact) mass is 471 g/mol. The Labute approximate surface area is 204 Å². The first-order valence-corrected chi connectivity index (χ1v) is 11.5. The molecule has 1 heterocycles. The van der Waals surface area contributed by atoms with Crippen molar-refractivity contribution in [1.82, 2.24) is 9.88 Å². The molecule has 2 N–H and O–H groups in total. The van der Waals surface area contributed by atoms with Crippen LogP contribution in [0.1, 0.15) is 55.5 Å². The zero-order chi connectivity index (χ0) is 25.5. The first-order chi connectivity index (χ1) is 16.7. The van der Waals surface area contributed by atoms with Gasteiger partial charge < -0.3 is 15.0 Å². The quantitative estimate of drug-likeness (QED) is 0.473. The Morgan fingerprint density at radius 2 is 1.77 bits per heavy atom. The second kappa shape index (κ2) is 11.3. The average Bonchev–Trinajstić information content (AvgIpc) is 2.82. The van der Waals surface area contributed by atoms with Gasteiger partial charge in [-0.15, -0.1) is 0 Å². The van der Waals surface area contributed by atoms with Crippen LogP contribution in [0.2, 0.25) is 0 Å². The Hall–Kier alpha value is -4.18. The summed E-state index contributed by atoms with van der Waals surface area (Å²) in [5.74, 6) is -1.38. The number of amides is 1. The topological polar surface area (TPSA) is 112 Å². The molecular formula is C28H29N3O4. The van der Waals surface area contributed by atoms with Crippen LogP contribution >= 0.6 is 0 Å². The Kier molecular flexibility index (Phi) is 8.21.